The number of halogens is 2. The van der Waals surface area contributed by atoms with Gasteiger partial charge in [0.2, 0.25) is 0 Å². The van der Waals surface area contributed by atoms with E-state index in [1.807, 2.05) is 30.3 Å². The van der Waals surface area contributed by atoms with Crippen molar-refractivity contribution in [2.75, 3.05) is 6.61 Å². The maximum Gasteiger partial charge on any atom is 0.128 e. The molecule has 0 saturated heterocycles. The Morgan fingerprint density at radius 2 is 1.55 bits per heavy atom. The van der Waals surface area contributed by atoms with Crippen molar-refractivity contribution in [3.63, 3.8) is 0 Å². The van der Waals surface area contributed by atoms with E-state index in [9.17, 15) is 14.0 Å². The fourth-order valence-electron chi connectivity index (χ4n) is 3.63. The number of rotatable bonds is 9. The summed E-state index contributed by atoms with van der Waals surface area (Å²) in [6, 6.07) is 24.2. The lowest BCUT2D eigenvalue weighted by molar-refractivity contribution is 0.0645. The maximum absolute atomic E-state index is 14.7. The van der Waals surface area contributed by atoms with Crippen LogP contribution in [0.2, 0.25) is 0 Å². The predicted molar refractivity (Wildman–Crippen MR) is 117 cm³/mol. The SMILES string of the molecule is CC(C#N)(CC[C@@](N)(COCc1ccccc1)c1ccccc1F)c1ccc(F)cc1. The van der Waals surface area contributed by atoms with Crippen molar-refractivity contribution in [2.45, 2.75) is 37.3 Å². The predicted octanol–water partition coefficient (Wildman–Crippen LogP) is 5.60. The second kappa shape index (κ2) is 9.82. The van der Waals surface area contributed by atoms with Crippen LogP contribution in [0.4, 0.5) is 8.78 Å². The molecule has 2 atom stereocenters. The summed E-state index contributed by atoms with van der Waals surface area (Å²) in [5.41, 5.74) is 6.72. The molecule has 3 nitrogen and oxygen atoms in total. The Bertz CT molecular complexity index is 1030. The van der Waals surface area contributed by atoms with E-state index < -0.39 is 16.8 Å². The molecular formula is C26H26F2N2O. The Labute approximate surface area is 182 Å². The van der Waals surface area contributed by atoms with Crippen molar-refractivity contribution in [1.82, 2.24) is 0 Å². The molecule has 0 aliphatic heterocycles. The first-order valence-corrected chi connectivity index (χ1v) is 10.2. The van der Waals surface area contributed by atoms with Gasteiger partial charge in [0.1, 0.15) is 11.6 Å². The fraction of sp³-hybridized carbons (Fsp3) is 0.269. The van der Waals surface area contributed by atoms with Gasteiger partial charge in [-0.15, -0.1) is 0 Å². The van der Waals surface area contributed by atoms with Crippen molar-refractivity contribution in [3.8, 4) is 6.07 Å². The zero-order valence-electron chi connectivity index (χ0n) is 17.5. The van der Waals surface area contributed by atoms with Gasteiger partial charge in [0.25, 0.3) is 0 Å². The summed E-state index contributed by atoms with van der Waals surface area (Å²) < 4.78 is 33.9. The van der Waals surface area contributed by atoms with E-state index in [2.05, 4.69) is 6.07 Å². The number of hydrogen-bond acceptors (Lipinski definition) is 3. The second-order valence-corrected chi connectivity index (χ2v) is 8.07. The van der Waals surface area contributed by atoms with Gasteiger partial charge >= 0.3 is 0 Å². The third-order valence-electron chi connectivity index (χ3n) is 5.68. The monoisotopic (exact) mass is 420 g/mol. The Morgan fingerprint density at radius 3 is 2.19 bits per heavy atom. The van der Waals surface area contributed by atoms with Crippen LogP contribution >= 0.6 is 0 Å². The average Bonchev–Trinajstić information content (AvgIpc) is 2.79. The number of nitriles is 1. The van der Waals surface area contributed by atoms with E-state index in [4.69, 9.17) is 10.5 Å². The van der Waals surface area contributed by atoms with Crippen molar-refractivity contribution in [2.24, 2.45) is 5.73 Å². The van der Waals surface area contributed by atoms with Crippen LogP contribution in [0.3, 0.4) is 0 Å². The van der Waals surface area contributed by atoms with Gasteiger partial charge in [0.05, 0.1) is 30.2 Å². The Hall–Kier alpha value is -3.07. The number of benzene rings is 3. The third kappa shape index (κ3) is 5.55. The lowest BCUT2D eigenvalue weighted by atomic mass is 9.75. The minimum Gasteiger partial charge on any atom is -0.375 e. The normalized spacial score (nSPS) is 14.9. The van der Waals surface area contributed by atoms with Crippen molar-refractivity contribution in [3.05, 3.63) is 107 Å². The molecule has 0 amide bonds. The van der Waals surface area contributed by atoms with Crippen LogP contribution in [0.15, 0.2) is 78.9 Å². The Morgan fingerprint density at radius 1 is 0.903 bits per heavy atom. The van der Waals surface area contributed by atoms with Gasteiger partial charge in [-0.3, -0.25) is 0 Å². The molecule has 0 aliphatic carbocycles. The van der Waals surface area contributed by atoms with Crippen LogP contribution < -0.4 is 5.73 Å². The molecule has 3 aromatic rings. The van der Waals surface area contributed by atoms with Crippen LogP contribution in [0.1, 0.15) is 36.5 Å². The highest BCUT2D eigenvalue weighted by molar-refractivity contribution is 5.33. The summed E-state index contributed by atoms with van der Waals surface area (Å²) in [6.45, 7) is 2.22. The lowest BCUT2D eigenvalue weighted by Crippen LogP contribution is -2.43. The smallest absolute Gasteiger partial charge is 0.128 e. The highest BCUT2D eigenvalue weighted by Gasteiger charge is 2.35. The van der Waals surface area contributed by atoms with E-state index in [1.54, 1.807) is 37.3 Å². The standard InChI is InChI=1S/C26H26F2N2O/c1-25(18-29,21-11-13-22(27)14-12-21)15-16-26(30,23-9-5-6-10-24(23)28)19-31-17-20-7-3-2-4-8-20/h2-14H,15-17,19,30H2,1H3/t25?,26-/m1/s1. The van der Waals surface area contributed by atoms with E-state index >= 15 is 0 Å². The zero-order valence-corrected chi connectivity index (χ0v) is 17.5. The number of ether oxygens (including phenoxy) is 1. The first-order chi connectivity index (χ1) is 14.9. The van der Waals surface area contributed by atoms with Crippen LogP contribution in [0.25, 0.3) is 0 Å². The molecule has 2 N–H and O–H groups in total. The Kier molecular flexibility index (Phi) is 7.17. The molecule has 0 fully saturated rings. The molecule has 0 saturated carbocycles. The minimum absolute atomic E-state index is 0.0910. The molecule has 0 heterocycles. The number of nitrogens with two attached hydrogens (primary N) is 1. The molecule has 0 radical (unpaired) electrons. The largest absolute Gasteiger partial charge is 0.375 e. The molecule has 0 aliphatic rings. The molecule has 0 aromatic heterocycles. The molecule has 160 valence electrons. The number of hydrogen-bond donors (Lipinski definition) is 1. The van der Waals surface area contributed by atoms with Gasteiger partial charge in [-0.1, -0.05) is 60.7 Å². The summed E-state index contributed by atoms with van der Waals surface area (Å²) in [5.74, 6) is -0.772. The van der Waals surface area contributed by atoms with Crippen LogP contribution in [-0.4, -0.2) is 6.61 Å². The molecule has 3 rings (SSSR count). The average molecular weight is 421 g/mol. The molecule has 31 heavy (non-hydrogen) atoms. The van der Waals surface area contributed by atoms with E-state index in [0.717, 1.165) is 5.56 Å². The van der Waals surface area contributed by atoms with E-state index in [-0.39, 0.29) is 12.4 Å². The molecular weight excluding hydrogens is 394 g/mol. The lowest BCUT2D eigenvalue weighted by Gasteiger charge is -2.33. The van der Waals surface area contributed by atoms with Gasteiger partial charge in [-0.05, 0) is 49.1 Å². The molecule has 3 aromatic carbocycles. The quantitative estimate of drug-likeness (QED) is 0.490. The molecule has 5 heteroatoms. The fourth-order valence-corrected chi connectivity index (χ4v) is 3.63. The summed E-state index contributed by atoms with van der Waals surface area (Å²) in [7, 11) is 0. The summed E-state index contributed by atoms with van der Waals surface area (Å²) in [6.07, 6.45) is 0.665. The van der Waals surface area contributed by atoms with Gasteiger partial charge in [-0.25, -0.2) is 8.78 Å². The van der Waals surface area contributed by atoms with Gasteiger partial charge in [-0.2, -0.15) is 5.26 Å². The van der Waals surface area contributed by atoms with Crippen molar-refractivity contribution < 1.29 is 13.5 Å². The number of nitrogens with zero attached hydrogens (tertiary/aromatic N) is 1. The highest BCUT2D eigenvalue weighted by atomic mass is 19.1. The van der Waals surface area contributed by atoms with Crippen LogP contribution in [0, 0.1) is 23.0 Å². The molecule has 1 unspecified atom stereocenters. The maximum atomic E-state index is 14.7. The summed E-state index contributed by atoms with van der Waals surface area (Å²) in [5, 5.41) is 9.86. The van der Waals surface area contributed by atoms with Crippen molar-refractivity contribution >= 4 is 0 Å². The zero-order chi connectivity index (χ0) is 22.3. The van der Waals surface area contributed by atoms with Gasteiger partial charge in [0, 0.05) is 5.56 Å². The third-order valence-corrected chi connectivity index (χ3v) is 5.68. The van der Waals surface area contributed by atoms with Crippen molar-refractivity contribution in [1.29, 1.82) is 5.26 Å². The minimum atomic E-state index is -1.13. The summed E-state index contributed by atoms with van der Waals surface area (Å²) >= 11 is 0. The molecule has 0 bridgehead atoms. The summed E-state index contributed by atoms with van der Waals surface area (Å²) in [4.78, 5) is 0. The Balaban J connectivity index is 1.81. The van der Waals surface area contributed by atoms with E-state index in [0.29, 0.717) is 30.6 Å². The van der Waals surface area contributed by atoms with Crippen LogP contribution in [0.5, 0.6) is 0 Å². The van der Waals surface area contributed by atoms with Crippen LogP contribution in [-0.2, 0) is 22.3 Å². The molecule has 0 spiro atoms. The van der Waals surface area contributed by atoms with E-state index in [1.165, 1.54) is 18.2 Å². The highest BCUT2D eigenvalue weighted by Crippen LogP contribution is 2.35. The second-order valence-electron chi connectivity index (χ2n) is 8.07. The topological polar surface area (TPSA) is 59.0 Å². The van der Waals surface area contributed by atoms with Gasteiger partial charge in [0.15, 0.2) is 0 Å². The van der Waals surface area contributed by atoms with Gasteiger partial charge < -0.3 is 10.5 Å². The first-order valence-electron chi connectivity index (χ1n) is 10.2. The first kappa shape index (κ1) is 22.6.